The van der Waals surface area contributed by atoms with Gasteiger partial charge in [0.1, 0.15) is 5.82 Å². The van der Waals surface area contributed by atoms with Crippen molar-refractivity contribution in [2.24, 2.45) is 5.73 Å². The molecule has 1 heterocycles. The largest absolute Gasteiger partial charge is 0.330 e. The highest BCUT2D eigenvalue weighted by atomic mass is 19.1. The first kappa shape index (κ1) is 20.5. The lowest BCUT2D eigenvalue weighted by Gasteiger charge is -2.22. The molecular weight excluding hydrogens is 325 g/mol. The standard InChI is InChI=1S/C22H32FN3/c1-26(17-8-4-2-3-6-15-24)18-14-21(22-9-5-7-16-25-22)19-10-12-20(23)13-11-19/h5,7,9-13,16,21H,2-4,6,8,14-15,17-18,24H2,1H3. The number of aromatic nitrogens is 1. The van der Waals surface area contributed by atoms with Crippen molar-refractivity contribution in [3.8, 4) is 0 Å². The summed E-state index contributed by atoms with van der Waals surface area (Å²) < 4.78 is 13.3. The molecule has 0 bridgehead atoms. The number of benzene rings is 1. The van der Waals surface area contributed by atoms with E-state index in [4.69, 9.17) is 5.73 Å². The summed E-state index contributed by atoms with van der Waals surface area (Å²) in [5, 5.41) is 0. The van der Waals surface area contributed by atoms with Crippen LogP contribution in [0.2, 0.25) is 0 Å². The Bertz CT molecular complexity index is 601. The van der Waals surface area contributed by atoms with E-state index in [1.807, 2.05) is 30.5 Å². The maximum absolute atomic E-state index is 13.3. The van der Waals surface area contributed by atoms with Crippen molar-refractivity contribution in [3.63, 3.8) is 0 Å². The zero-order valence-electron chi connectivity index (χ0n) is 15.9. The minimum Gasteiger partial charge on any atom is -0.330 e. The van der Waals surface area contributed by atoms with Gasteiger partial charge in [0.25, 0.3) is 0 Å². The molecule has 0 saturated heterocycles. The molecule has 1 atom stereocenters. The van der Waals surface area contributed by atoms with Gasteiger partial charge in [0.15, 0.2) is 0 Å². The maximum Gasteiger partial charge on any atom is 0.123 e. The van der Waals surface area contributed by atoms with Crippen LogP contribution < -0.4 is 5.73 Å². The van der Waals surface area contributed by atoms with Crippen LogP contribution in [0.25, 0.3) is 0 Å². The molecule has 0 saturated carbocycles. The topological polar surface area (TPSA) is 42.1 Å². The van der Waals surface area contributed by atoms with E-state index in [0.29, 0.717) is 0 Å². The Hall–Kier alpha value is -1.78. The first-order chi connectivity index (χ1) is 12.7. The van der Waals surface area contributed by atoms with Gasteiger partial charge in [-0.05, 0) is 75.8 Å². The molecule has 0 aliphatic rings. The lowest BCUT2D eigenvalue weighted by Crippen LogP contribution is -2.23. The molecule has 0 aliphatic heterocycles. The summed E-state index contributed by atoms with van der Waals surface area (Å²) in [5.74, 6) is 0.00378. The molecule has 0 radical (unpaired) electrons. The first-order valence-corrected chi connectivity index (χ1v) is 9.75. The lowest BCUT2D eigenvalue weighted by atomic mass is 9.91. The van der Waals surface area contributed by atoms with Crippen LogP contribution in [0.1, 0.15) is 55.7 Å². The monoisotopic (exact) mass is 357 g/mol. The van der Waals surface area contributed by atoms with Gasteiger partial charge in [-0.3, -0.25) is 4.98 Å². The highest BCUT2D eigenvalue weighted by Crippen LogP contribution is 2.27. The molecule has 0 fully saturated rings. The number of unbranched alkanes of at least 4 members (excludes halogenated alkanes) is 4. The van der Waals surface area contributed by atoms with Crippen molar-refractivity contribution < 1.29 is 4.39 Å². The van der Waals surface area contributed by atoms with Gasteiger partial charge in [-0.25, -0.2) is 4.39 Å². The second-order valence-electron chi connectivity index (χ2n) is 7.01. The molecular formula is C22H32FN3. The smallest absolute Gasteiger partial charge is 0.123 e. The van der Waals surface area contributed by atoms with Crippen molar-refractivity contribution in [2.75, 3.05) is 26.7 Å². The van der Waals surface area contributed by atoms with Crippen molar-refractivity contribution in [3.05, 3.63) is 65.7 Å². The average molecular weight is 358 g/mol. The molecule has 3 nitrogen and oxygen atoms in total. The fourth-order valence-electron chi connectivity index (χ4n) is 3.28. The summed E-state index contributed by atoms with van der Waals surface area (Å²) in [7, 11) is 2.18. The summed E-state index contributed by atoms with van der Waals surface area (Å²) in [6, 6.07) is 12.8. The zero-order chi connectivity index (χ0) is 18.6. The molecule has 1 unspecified atom stereocenters. The van der Waals surface area contributed by atoms with Crippen molar-refractivity contribution in [1.29, 1.82) is 0 Å². The van der Waals surface area contributed by atoms with Gasteiger partial charge in [-0.2, -0.15) is 0 Å². The fourth-order valence-corrected chi connectivity index (χ4v) is 3.28. The molecule has 0 spiro atoms. The van der Waals surface area contributed by atoms with Gasteiger partial charge >= 0.3 is 0 Å². The van der Waals surface area contributed by atoms with Gasteiger partial charge in [-0.1, -0.05) is 37.5 Å². The van der Waals surface area contributed by atoms with E-state index in [9.17, 15) is 4.39 Å². The Kier molecular flexibility index (Phi) is 9.29. The van der Waals surface area contributed by atoms with E-state index in [1.165, 1.54) is 37.8 Å². The van der Waals surface area contributed by atoms with E-state index in [1.54, 1.807) is 0 Å². The summed E-state index contributed by atoms with van der Waals surface area (Å²) in [5.41, 5.74) is 7.70. The Labute approximate surface area is 157 Å². The fraction of sp³-hybridized carbons (Fsp3) is 0.500. The molecule has 1 aromatic heterocycles. The second-order valence-corrected chi connectivity index (χ2v) is 7.01. The van der Waals surface area contributed by atoms with E-state index in [-0.39, 0.29) is 11.7 Å². The van der Waals surface area contributed by atoms with Crippen molar-refractivity contribution in [1.82, 2.24) is 9.88 Å². The molecule has 0 amide bonds. The van der Waals surface area contributed by atoms with E-state index in [2.05, 4.69) is 23.0 Å². The molecule has 2 N–H and O–H groups in total. The third-order valence-electron chi connectivity index (χ3n) is 4.86. The number of rotatable bonds is 12. The summed E-state index contributed by atoms with van der Waals surface area (Å²) in [6.45, 7) is 2.92. The van der Waals surface area contributed by atoms with Crippen LogP contribution in [0.3, 0.4) is 0 Å². The molecule has 2 aromatic rings. The van der Waals surface area contributed by atoms with Crippen LogP contribution in [0.5, 0.6) is 0 Å². The van der Waals surface area contributed by atoms with Crippen molar-refractivity contribution >= 4 is 0 Å². The Balaban J connectivity index is 1.86. The Morgan fingerprint density at radius 2 is 1.69 bits per heavy atom. The first-order valence-electron chi connectivity index (χ1n) is 9.75. The van der Waals surface area contributed by atoms with E-state index in [0.717, 1.165) is 43.7 Å². The van der Waals surface area contributed by atoms with Gasteiger partial charge in [0.2, 0.25) is 0 Å². The van der Waals surface area contributed by atoms with Crippen LogP contribution in [0.4, 0.5) is 4.39 Å². The minimum absolute atomic E-state index is 0.194. The van der Waals surface area contributed by atoms with E-state index < -0.39 is 0 Å². The Morgan fingerprint density at radius 3 is 2.38 bits per heavy atom. The number of nitrogens with two attached hydrogens (primary N) is 1. The number of hydrogen-bond acceptors (Lipinski definition) is 3. The number of hydrogen-bond donors (Lipinski definition) is 1. The van der Waals surface area contributed by atoms with Gasteiger partial charge in [0.05, 0.1) is 0 Å². The van der Waals surface area contributed by atoms with Crippen LogP contribution >= 0.6 is 0 Å². The van der Waals surface area contributed by atoms with Gasteiger partial charge < -0.3 is 10.6 Å². The predicted octanol–water partition coefficient (Wildman–Crippen LogP) is 4.58. The molecule has 1 aromatic carbocycles. The zero-order valence-corrected chi connectivity index (χ0v) is 15.9. The van der Waals surface area contributed by atoms with Crippen molar-refractivity contribution in [2.45, 2.75) is 44.4 Å². The molecule has 0 aliphatic carbocycles. The summed E-state index contributed by atoms with van der Waals surface area (Å²) >= 11 is 0. The Morgan fingerprint density at radius 1 is 0.962 bits per heavy atom. The maximum atomic E-state index is 13.3. The third kappa shape index (κ3) is 7.22. The molecule has 142 valence electrons. The minimum atomic E-state index is -0.194. The summed E-state index contributed by atoms with van der Waals surface area (Å²) in [4.78, 5) is 6.93. The third-order valence-corrected chi connectivity index (χ3v) is 4.86. The molecule has 26 heavy (non-hydrogen) atoms. The van der Waals surface area contributed by atoms with Crippen LogP contribution in [0.15, 0.2) is 48.7 Å². The summed E-state index contributed by atoms with van der Waals surface area (Å²) in [6.07, 6.45) is 8.96. The van der Waals surface area contributed by atoms with Gasteiger partial charge in [0, 0.05) is 17.8 Å². The number of nitrogens with zero attached hydrogens (tertiary/aromatic N) is 2. The highest BCUT2D eigenvalue weighted by molar-refractivity contribution is 5.28. The average Bonchev–Trinajstić information content (AvgIpc) is 2.67. The molecule has 4 heteroatoms. The van der Waals surface area contributed by atoms with Crippen LogP contribution in [-0.4, -0.2) is 36.6 Å². The van der Waals surface area contributed by atoms with E-state index >= 15 is 0 Å². The highest BCUT2D eigenvalue weighted by Gasteiger charge is 2.16. The van der Waals surface area contributed by atoms with Crippen LogP contribution in [0, 0.1) is 5.82 Å². The predicted molar refractivity (Wildman–Crippen MR) is 107 cm³/mol. The number of halogens is 1. The second kappa shape index (κ2) is 11.8. The normalized spacial score (nSPS) is 12.5. The lowest BCUT2D eigenvalue weighted by molar-refractivity contribution is 0.313. The quantitative estimate of drug-likeness (QED) is 0.565. The SMILES string of the molecule is CN(CCCCCCCN)CCC(c1ccc(F)cc1)c1ccccn1. The molecule has 2 rings (SSSR count). The van der Waals surface area contributed by atoms with Gasteiger partial charge in [-0.15, -0.1) is 0 Å². The number of pyridine rings is 1. The van der Waals surface area contributed by atoms with Crippen LogP contribution in [-0.2, 0) is 0 Å².